The van der Waals surface area contributed by atoms with E-state index in [9.17, 15) is 0 Å². The molecule has 0 aliphatic heterocycles. The standard InChI is InChI=1S/C15H26N2S/c1-11(2)6-7-18-15-13(5)8-14(10-17-15)9-16-12(3)4/h8,10-12,16H,6-7,9H2,1-5H3. The first-order chi connectivity index (χ1) is 8.49. The smallest absolute Gasteiger partial charge is 0.0989 e. The molecule has 2 nitrogen and oxygen atoms in total. The van der Waals surface area contributed by atoms with Crippen molar-refractivity contribution in [1.29, 1.82) is 0 Å². The van der Waals surface area contributed by atoms with Crippen molar-refractivity contribution in [3.05, 3.63) is 23.4 Å². The molecule has 1 heterocycles. The van der Waals surface area contributed by atoms with Gasteiger partial charge in [0.1, 0.15) is 0 Å². The van der Waals surface area contributed by atoms with Gasteiger partial charge in [0.05, 0.1) is 5.03 Å². The summed E-state index contributed by atoms with van der Waals surface area (Å²) in [6.07, 6.45) is 3.25. The Morgan fingerprint density at radius 3 is 2.56 bits per heavy atom. The van der Waals surface area contributed by atoms with Crippen LogP contribution in [-0.2, 0) is 6.54 Å². The van der Waals surface area contributed by atoms with Crippen LogP contribution in [-0.4, -0.2) is 16.8 Å². The molecule has 0 unspecified atom stereocenters. The Kier molecular flexibility index (Phi) is 6.72. The zero-order valence-corrected chi connectivity index (χ0v) is 13.1. The summed E-state index contributed by atoms with van der Waals surface area (Å²) >= 11 is 1.88. The van der Waals surface area contributed by atoms with E-state index in [0.29, 0.717) is 6.04 Å². The van der Waals surface area contributed by atoms with E-state index in [1.807, 2.05) is 18.0 Å². The lowest BCUT2D eigenvalue weighted by Gasteiger charge is -2.10. The Balaban J connectivity index is 2.51. The minimum Gasteiger partial charge on any atom is -0.310 e. The van der Waals surface area contributed by atoms with Gasteiger partial charge in [0.25, 0.3) is 0 Å². The molecule has 0 aliphatic carbocycles. The van der Waals surface area contributed by atoms with Gasteiger partial charge in [-0.3, -0.25) is 0 Å². The first-order valence-corrected chi connectivity index (χ1v) is 7.79. The van der Waals surface area contributed by atoms with Crippen LogP contribution < -0.4 is 5.32 Å². The lowest BCUT2D eigenvalue weighted by atomic mass is 10.2. The highest BCUT2D eigenvalue weighted by atomic mass is 32.2. The molecule has 0 bridgehead atoms. The Bertz CT molecular complexity index is 362. The average Bonchev–Trinajstić information content (AvgIpc) is 2.28. The second kappa shape index (κ2) is 7.80. The Hall–Kier alpha value is -0.540. The summed E-state index contributed by atoms with van der Waals surface area (Å²) in [5.74, 6) is 1.93. The molecule has 0 fully saturated rings. The van der Waals surface area contributed by atoms with E-state index in [0.717, 1.165) is 18.2 Å². The highest BCUT2D eigenvalue weighted by molar-refractivity contribution is 7.99. The number of thioether (sulfide) groups is 1. The number of pyridine rings is 1. The first kappa shape index (κ1) is 15.5. The topological polar surface area (TPSA) is 24.9 Å². The van der Waals surface area contributed by atoms with Gasteiger partial charge in [-0.05, 0) is 36.1 Å². The third-order valence-electron chi connectivity index (χ3n) is 2.74. The zero-order valence-electron chi connectivity index (χ0n) is 12.3. The molecule has 1 aromatic rings. The largest absolute Gasteiger partial charge is 0.310 e. The van der Waals surface area contributed by atoms with Crippen LogP contribution in [0.1, 0.15) is 45.2 Å². The highest BCUT2D eigenvalue weighted by Crippen LogP contribution is 2.22. The molecule has 1 rings (SSSR count). The van der Waals surface area contributed by atoms with Crippen molar-refractivity contribution in [3.63, 3.8) is 0 Å². The molecule has 3 heteroatoms. The number of nitrogens with one attached hydrogen (secondary N) is 1. The fourth-order valence-corrected chi connectivity index (χ4v) is 2.78. The SMILES string of the molecule is Cc1cc(CNC(C)C)cnc1SCCC(C)C. The van der Waals surface area contributed by atoms with Crippen LogP contribution in [0.4, 0.5) is 0 Å². The van der Waals surface area contributed by atoms with Crippen LogP contribution in [0, 0.1) is 12.8 Å². The summed E-state index contributed by atoms with van der Waals surface area (Å²) < 4.78 is 0. The summed E-state index contributed by atoms with van der Waals surface area (Å²) in [6.45, 7) is 11.9. The summed E-state index contributed by atoms with van der Waals surface area (Å²) in [5, 5.41) is 4.60. The quantitative estimate of drug-likeness (QED) is 0.754. The molecule has 0 radical (unpaired) electrons. The maximum Gasteiger partial charge on any atom is 0.0989 e. The molecule has 0 amide bonds. The summed E-state index contributed by atoms with van der Waals surface area (Å²) in [4.78, 5) is 4.58. The lowest BCUT2D eigenvalue weighted by Crippen LogP contribution is -2.21. The molecule has 0 saturated carbocycles. The molecule has 0 aromatic carbocycles. The molecule has 1 N–H and O–H groups in total. The Morgan fingerprint density at radius 1 is 1.28 bits per heavy atom. The van der Waals surface area contributed by atoms with Crippen molar-refractivity contribution in [3.8, 4) is 0 Å². The third-order valence-corrected chi connectivity index (χ3v) is 3.88. The normalized spacial score (nSPS) is 11.5. The number of aryl methyl sites for hydroxylation is 1. The van der Waals surface area contributed by atoms with Crippen molar-refractivity contribution in [2.75, 3.05) is 5.75 Å². The summed E-state index contributed by atoms with van der Waals surface area (Å²) in [5.41, 5.74) is 2.57. The fraction of sp³-hybridized carbons (Fsp3) is 0.667. The maximum absolute atomic E-state index is 4.58. The minimum absolute atomic E-state index is 0.519. The molecule has 1 aromatic heterocycles. The Labute approximate surface area is 116 Å². The van der Waals surface area contributed by atoms with Crippen molar-refractivity contribution < 1.29 is 0 Å². The van der Waals surface area contributed by atoms with E-state index in [1.54, 1.807) is 0 Å². The minimum atomic E-state index is 0.519. The lowest BCUT2D eigenvalue weighted by molar-refractivity contribution is 0.587. The van der Waals surface area contributed by atoms with E-state index in [1.165, 1.54) is 22.6 Å². The number of hydrogen-bond acceptors (Lipinski definition) is 3. The molecular formula is C15H26N2S. The zero-order chi connectivity index (χ0) is 13.5. The van der Waals surface area contributed by atoms with E-state index in [-0.39, 0.29) is 0 Å². The van der Waals surface area contributed by atoms with Crippen molar-refractivity contribution in [1.82, 2.24) is 10.3 Å². The number of hydrogen-bond donors (Lipinski definition) is 1. The van der Waals surface area contributed by atoms with Gasteiger partial charge in [0, 0.05) is 18.8 Å². The average molecular weight is 266 g/mol. The molecule has 0 saturated heterocycles. The van der Waals surface area contributed by atoms with Crippen molar-refractivity contribution >= 4 is 11.8 Å². The highest BCUT2D eigenvalue weighted by Gasteiger charge is 2.04. The van der Waals surface area contributed by atoms with Crippen LogP contribution in [0.5, 0.6) is 0 Å². The van der Waals surface area contributed by atoms with Gasteiger partial charge in [-0.25, -0.2) is 4.98 Å². The maximum atomic E-state index is 4.58. The third kappa shape index (κ3) is 5.87. The molecule has 102 valence electrons. The van der Waals surface area contributed by atoms with Gasteiger partial charge >= 0.3 is 0 Å². The van der Waals surface area contributed by atoms with Gasteiger partial charge in [-0.2, -0.15) is 0 Å². The van der Waals surface area contributed by atoms with Crippen LogP contribution >= 0.6 is 11.8 Å². The van der Waals surface area contributed by atoms with Crippen LogP contribution in [0.15, 0.2) is 17.3 Å². The van der Waals surface area contributed by atoms with Crippen molar-refractivity contribution in [2.45, 2.75) is 58.7 Å². The van der Waals surface area contributed by atoms with Gasteiger partial charge < -0.3 is 5.32 Å². The first-order valence-electron chi connectivity index (χ1n) is 6.80. The van der Waals surface area contributed by atoms with Gasteiger partial charge in [-0.1, -0.05) is 33.8 Å². The molecule has 0 atom stereocenters. The summed E-state index contributed by atoms with van der Waals surface area (Å²) in [6, 6.07) is 2.77. The van der Waals surface area contributed by atoms with Gasteiger partial charge in [0.15, 0.2) is 0 Å². The number of aromatic nitrogens is 1. The van der Waals surface area contributed by atoms with Gasteiger partial charge in [0.2, 0.25) is 0 Å². The number of rotatable bonds is 7. The second-order valence-corrected chi connectivity index (χ2v) is 6.62. The molecular weight excluding hydrogens is 240 g/mol. The predicted molar refractivity (Wildman–Crippen MR) is 81.1 cm³/mol. The number of nitrogens with zero attached hydrogens (tertiary/aromatic N) is 1. The van der Waals surface area contributed by atoms with Gasteiger partial charge in [-0.15, -0.1) is 11.8 Å². The molecule has 0 spiro atoms. The van der Waals surface area contributed by atoms with Crippen LogP contribution in [0.25, 0.3) is 0 Å². The van der Waals surface area contributed by atoms with E-state index in [2.05, 4.69) is 51.0 Å². The Morgan fingerprint density at radius 2 is 2.00 bits per heavy atom. The fourth-order valence-electron chi connectivity index (χ4n) is 1.58. The van der Waals surface area contributed by atoms with E-state index < -0.39 is 0 Å². The second-order valence-electron chi connectivity index (χ2n) is 5.53. The van der Waals surface area contributed by atoms with Crippen LogP contribution in [0.3, 0.4) is 0 Å². The molecule has 18 heavy (non-hydrogen) atoms. The van der Waals surface area contributed by atoms with E-state index in [4.69, 9.17) is 0 Å². The molecule has 0 aliphatic rings. The van der Waals surface area contributed by atoms with Crippen molar-refractivity contribution in [2.24, 2.45) is 5.92 Å². The predicted octanol–water partition coefficient (Wildman–Crippen LogP) is 4.03. The summed E-state index contributed by atoms with van der Waals surface area (Å²) in [7, 11) is 0. The van der Waals surface area contributed by atoms with E-state index >= 15 is 0 Å². The monoisotopic (exact) mass is 266 g/mol. The van der Waals surface area contributed by atoms with Crippen LogP contribution in [0.2, 0.25) is 0 Å².